The summed E-state index contributed by atoms with van der Waals surface area (Å²) in [6.07, 6.45) is 1.47. The normalized spacial score (nSPS) is 10.8. The SMILES string of the molecule is Cc1ccc(N)c(NC(=O)c2coc3ccccc23)c1C. The van der Waals surface area contributed by atoms with Gasteiger partial charge in [0, 0.05) is 5.39 Å². The number of amides is 1. The van der Waals surface area contributed by atoms with E-state index in [4.69, 9.17) is 10.2 Å². The van der Waals surface area contributed by atoms with Gasteiger partial charge >= 0.3 is 0 Å². The molecule has 0 spiro atoms. The molecule has 0 aliphatic rings. The van der Waals surface area contributed by atoms with E-state index in [2.05, 4.69) is 5.32 Å². The molecule has 0 atom stereocenters. The van der Waals surface area contributed by atoms with E-state index >= 15 is 0 Å². The molecule has 4 heteroatoms. The molecule has 0 saturated heterocycles. The molecule has 1 heterocycles. The second kappa shape index (κ2) is 4.98. The van der Waals surface area contributed by atoms with Gasteiger partial charge in [0.25, 0.3) is 5.91 Å². The predicted octanol–water partition coefficient (Wildman–Crippen LogP) is 3.88. The van der Waals surface area contributed by atoms with E-state index in [1.807, 2.05) is 44.2 Å². The predicted molar refractivity (Wildman–Crippen MR) is 84.5 cm³/mol. The Balaban J connectivity index is 1.99. The molecular formula is C17H16N2O2. The van der Waals surface area contributed by atoms with Crippen LogP contribution in [-0.2, 0) is 0 Å². The third-order valence-electron chi connectivity index (χ3n) is 3.73. The highest BCUT2D eigenvalue weighted by molar-refractivity contribution is 6.13. The molecule has 1 aromatic heterocycles. The zero-order chi connectivity index (χ0) is 15.0. The van der Waals surface area contributed by atoms with Gasteiger partial charge in [-0.1, -0.05) is 24.3 Å². The molecule has 0 aliphatic heterocycles. The lowest BCUT2D eigenvalue weighted by atomic mass is 10.1. The minimum atomic E-state index is -0.222. The van der Waals surface area contributed by atoms with Crippen molar-refractivity contribution in [3.63, 3.8) is 0 Å². The maximum absolute atomic E-state index is 12.5. The van der Waals surface area contributed by atoms with Gasteiger partial charge in [0.2, 0.25) is 0 Å². The van der Waals surface area contributed by atoms with Crippen molar-refractivity contribution in [1.29, 1.82) is 0 Å². The maximum Gasteiger partial charge on any atom is 0.259 e. The fraction of sp³-hybridized carbons (Fsp3) is 0.118. The van der Waals surface area contributed by atoms with Crippen LogP contribution < -0.4 is 11.1 Å². The van der Waals surface area contributed by atoms with Crippen LogP contribution in [0.4, 0.5) is 11.4 Å². The Kier molecular flexibility index (Phi) is 3.14. The second-order valence-electron chi connectivity index (χ2n) is 5.07. The molecule has 3 N–H and O–H groups in total. The van der Waals surface area contributed by atoms with E-state index in [9.17, 15) is 4.79 Å². The molecular weight excluding hydrogens is 264 g/mol. The summed E-state index contributed by atoms with van der Waals surface area (Å²) in [6.45, 7) is 3.92. The highest BCUT2D eigenvalue weighted by Gasteiger charge is 2.16. The summed E-state index contributed by atoms with van der Waals surface area (Å²) in [5.74, 6) is -0.222. The van der Waals surface area contributed by atoms with E-state index in [1.165, 1.54) is 6.26 Å². The van der Waals surface area contributed by atoms with E-state index in [-0.39, 0.29) is 5.91 Å². The van der Waals surface area contributed by atoms with Gasteiger partial charge in [-0.15, -0.1) is 0 Å². The molecule has 2 aromatic carbocycles. The number of fused-ring (bicyclic) bond motifs is 1. The molecule has 0 unspecified atom stereocenters. The summed E-state index contributed by atoms with van der Waals surface area (Å²) in [7, 11) is 0. The van der Waals surface area contributed by atoms with Crippen molar-refractivity contribution in [3.05, 3.63) is 59.4 Å². The van der Waals surface area contributed by atoms with E-state index in [1.54, 1.807) is 6.07 Å². The molecule has 3 aromatic rings. The zero-order valence-corrected chi connectivity index (χ0v) is 11.9. The summed E-state index contributed by atoms with van der Waals surface area (Å²) >= 11 is 0. The zero-order valence-electron chi connectivity index (χ0n) is 11.9. The first kappa shape index (κ1) is 13.2. The van der Waals surface area contributed by atoms with Crippen LogP contribution in [0.15, 0.2) is 47.1 Å². The van der Waals surface area contributed by atoms with Gasteiger partial charge in [-0.3, -0.25) is 4.79 Å². The third-order valence-corrected chi connectivity index (χ3v) is 3.73. The number of rotatable bonds is 2. The Morgan fingerprint density at radius 3 is 2.71 bits per heavy atom. The number of hydrogen-bond acceptors (Lipinski definition) is 3. The van der Waals surface area contributed by atoms with Crippen molar-refractivity contribution >= 4 is 28.3 Å². The second-order valence-corrected chi connectivity index (χ2v) is 5.07. The van der Waals surface area contributed by atoms with Crippen molar-refractivity contribution in [3.8, 4) is 0 Å². The summed E-state index contributed by atoms with van der Waals surface area (Å²) in [5, 5.41) is 3.68. The monoisotopic (exact) mass is 280 g/mol. The first-order chi connectivity index (χ1) is 10.1. The minimum Gasteiger partial charge on any atom is -0.463 e. The summed E-state index contributed by atoms with van der Waals surface area (Å²) in [4.78, 5) is 12.5. The van der Waals surface area contributed by atoms with Crippen LogP contribution >= 0.6 is 0 Å². The van der Waals surface area contributed by atoms with Crippen LogP contribution in [0.2, 0.25) is 0 Å². The average molecular weight is 280 g/mol. The van der Waals surface area contributed by atoms with E-state index in [0.29, 0.717) is 22.5 Å². The largest absolute Gasteiger partial charge is 0.463 e. The van der Waals surface area contributed by atoms with Crippen LogP contribution in [0.3, 0.4) is 0 Å². The van der Waals surface area contributed by atoms with Crippen molar-refractivity contribution < 1.29 is 9.21 Å². The van der Waals surface area contributed by atoms with Gasteiger partial charge in [-0.05, 0) is 37.1 Å². The first-order valence-electron chi connectivity index (χ1n) is 6.71. The number of carbonyl (C=O) groups excluding carboxylic acids is 1. The Hall–Kier alpha value is -2.75. The lowest BCUT2D eigenvalue weighted by Crippen LogP contribution is -2.14. The highest BCUT2D eigenvalue weighted by Crippen LogP contribution is 2.28. The van der Waals surface area contributed by atoms with E-state index in [0.717, 1.165) is 16.5 Å². The average Bonchev–Trinajstić information content (AvgIpc) is 2.91. The van der Waals surface area contributed by atoms with Crippen molar-refractivity contribution in [2.45, 2.75) is 13.8 Å². The summed E-state index contributed by atoms with van der Waals surface area (Å²) in [5.41, 5.74) is 10.4. The number of aryl methyl sites for hydroxylation is 1. The van der Waals surface area contributed by atoms with Crippen molar-refractivity contribution in [2.24, 2.45) is 0 Å². The number of nitrogens with two attached hydrogens (primary N) is 1. The van der Waals surface area contributed by atoms with Crippen LogP contribution in [0.5, 0.6) is 0 Å². The van der Waals surface area contributed by atoms with Gasteiger partial charge in [0.1, 0.15) is 11.8 Å². The fourth-order valence-electron chi connectivity index (χ4n) is 2.34. The van der Waals surface area contributed by atoms with Crippen molar-refractivity contribution in [2.75, 3.05) is 11.1 Å². The maximum atomic E-state index is 12.5. The quantitative estimate of drug-likeness (QED) is 0.700. The number of benzene rings is 2. The molecule has 1 amide bonds. The first-order valence-corrected chi connectivity index (χ1v) is 6.71. The Bertz CT molecular complexity index is 834. The summed E-state index contributed by atoms with van der Waals surface area (Å²) < 4.78 is 5.40. The summed E-state index contributed by atoms with van der Waals surface area (Å²) in [6, 6.07) is 11.2. The third kappa shape index (κ3) is 2.25. The number of hydrogen-bond donors (Lipinski definition) is 2. The number of furan rings is 1. The Labute approximate surface area is 122 Å². The number of carbonyl (C=O) groups is 1. The topological polar surface area (TPSA) is 68.3 Å². The minimum absolute atomic E-state index is 0.222. The molecule has 4 nitrogen and oxygen atoms in total. The molecule has 21 heavy (non-hydrogen) atoms. The highest BCUT2D eigenvalue weighted by atomic mass is 16.3. The molecule has 0 radical (unpaired) electrons. The Morgan fingerprint density at radius 2 is 1.90 bits per heavy atom. The number of nitrogen functional groups attached to an aromatic ring is 1. The molecule has 0 saturated carbocycles. The molecule has 0 bridgehead atoms. The van der Waals surface area contributed by atoms with Crippen LogP contribution in [0.25, 0.3) is 11.0 Å². The van der Waals surface area contributed by atoms with Gasteiger partial charge in [-0.2, -0.15) is 0 Å². The van der Waals surface area contributed by atoms with Gasteiger partial charge in [0.15, 0.2) is 0 Å². The van der Waals surface area contributed by atoms with Gasteiger partial charge in [-0.25, -0.2) is 0 Å². The van der Waals surface area contributed by atoms with Gasteiger partial charge < -0.3 is 15.5 Å². The van der Waals surface area contributed by atoms with E-state index < -0.39 is 0 Å². The van der Waals surface area contributed by atoms with Crippen molar-refractivity contribution in [1.82, 2.24) is 0 Å². The van der Waals surface area contributed by atoms with Crippen LogP contribution in [0, 0.1) is 13.8 Å². The number of para-hydroxylation sites is 1. The fourth-order valence-corrected chi connectivity index (χ4v) is 2.34. The lowest BCUT2D eigenvalue weighted by molar-refractivity contribution is 0.102. The van der Waals surface area contributed by atoms with Crippen LogP contribution in [-0.4, -0.2) is 5.91 Å². The standard InChI is InChI=1S/C17H16N2O2/c1-10-7-8-14(18)16(11(10)2)19-17(20)13-9-21-15-6-4-3-5-12(13)15/h3-9H,18H2,1-2H3,(H,19,20). The lowest BCUT2D eigenvalue weighted by Gasteiger charge is -2.12. The molecule has 106 valence electrons. The smallest absolute Gasteiger partial charge is 0.259 e. The Morgan fingerprint density at radius 1 is 1.14 bits per heavy atom. The molecule has 3 rings (SSSR count). The molecule has 0 fully saturated rings. The number of nitrogens with one attached hydrogen (secondary N) is 1. The van der Waals surface area contributed by atoms with Gasteiger partial charge in [0.05, 0.1) is 16.9 Å². The molecule has 0 aliphatic carbocycles. The van der Waals surface area contributed by atoms with Crippen LogP contribution in [0.1, 0.15) is 21.5 Å². The number of anilines is 2.